The predicted octanol–water partition coefficient (Wildman–Crippen LogP) is 4.51. The fraction of sp³-hybridized carbons (Fsp3) is 0.214. The lowest BCUT2D eigenvalue weighted by molar-refractivity contribution is -0.137. The minimum atomic E-state index is -4.49. The molecule has 0 saturated carbocycles. The van der Waals surface area contributed by atoms with E-state index in [1.165, 1.54) is 23.5 Å². The summed E-state index contributed by atoms with van der Waals surface area (Å²) >= 11 is 6.90. The molecule has 2 aromatic rings. The number of amidine groups is 1. The second kappa shape index (κ2) is 5.81. The number of nitrogens with zero attached hydrogens (tertiary/aromatic N) is 3. The molecule has 1 aliphatic heterocycles. The first-order chi connectivity index (χ1) is 10.4. The maximum absolute atomic E-state index is 12.9. The van der Waals surface area contributed by atoms with Crippen LogP contribution in [0.5, 0.6) is 0 Å². The Morgan fingerprint density at radius 2 is 2.09 bits per heavy atom. The predicted molar refractivity (Wildman–Crippen MR) is 82.1 cm³/mol. The molecule has 1 aromatic carbocycles. The van der Waals surface area contributed by atoms with Gasteiger partial charge in [0.05, 0.1) is 29.2 Å². The molecular weight excluding hydrogens is 335 g/mol. The second-order valence-electron chi connectivity index (χ2n) is 4.58. The summed E-state index contributed by atoms with van der Waals surface area (Å²) in [5.74, 6) is 0.684. The average molecular weight is 344 g/mol. The summed E-state index contributed by atoms with van der Waals surface area (Å²) in [4.78, 5) is 12.6. The van der Waals surface area contributed by atoms with Crippen LogP contribution in [0.3, 0.4) is 0 Å². The summed E-state index contributed by atoms with van der Waals surface area (Å²) < 4.78 is 38.7. The van der Waals surface area contributed by atoms with Gasteiger partial charge in [-0.2, -0.15) is 13.2 Å². The number of thiazole rings is 1. The van der Waals surface area contributed by atoms with Crippen LogP contribution in [0.2, 0.25) is 5.02 Å². The van der Waals surface area contributed by atoms with Crippen LogP contribution in [-0.2, 0) is 12.6 Å². The van der Waals surface area contributed by atoms with E-state index in [0.717, 1.165) is 11.8 Å². The van der Waals surface area contributed by atoms with Gasteiger partial charge in [-0.15, -0.1) is 11.3 Å². The lowest BCUT2D eigenvalue weighted by Crippen LogP contribution is -2.05. The van der Waals surface area contributed by atoms with Crippen LogP contribution < -0.4 is 0 Å². The lowest BCUT2D eigenvalue weighted by Gasteiger charge is -2.09. The van der Waals surface area contributed by atoms with Crippen LogP contribution in [0.1, 0.15) is 11.3 Å². The normalized spacial score (nSPS) is 14.5. The number of aliphatic imine (C=N–C) groups is 2. The first kappa shape index (κ1) is 15.2. The van der Waals surface area contributed by atoms with Crippen molar-refractivity contribution in [2.75, 3.05) is 6.54 Å². The molecular formula is C14H9ClF3N3S. The highest BCUT2D eigenvalue weighted by atomic mass is 35.5. The number of aromatic nitrogens is 1. The maximum Gasteiger partial charge on any atom is 0.417 e. The molecule has 2 heterocycles. The van der Waals surface area contributed by atoms with Crippen molar-refractivity contribution in [3.05, 3.63) is 39.9 Å². The Hall–Kier alpha value is -1.73. The molecule has 3 nitrogen and oxygen atoms in total. The van der Waals surface area contributed by atoms with Gasteiger partial charge in [0.1, 0.15) is 10.8 Å². The molecule has 1 aliphatic rings. The summed E-state index contributed by atoms with van der Waals surface area (Å²) in [6.07, 6.45) is -2.30. The summed E-state index contributed by atoms with van der Waals surface area (Å²) in [7, 11) is 0. The molecule has 0 saturated heterocycles. The second-order valence-corrected chi connectivity index (χ2v) is 5.85. The zero-order valence-electron chi connectivity index (χ0n) is 11.1. The van der Waals surface area contributed by atoms with Gasteiger partial charge in [0, 0.05) is 17.2 Å². The molecule has 0 N–H and O–H groups in total. The topological polar surface area (TPSA) is 37.6 Å². The van der Waals surface area contributed by atoms with Gasteiger partial charge < -0.3 is 0 Å². The number of benzene rings is 1. The fourth-order valence-corrected chi connectivity index (χ4v) is 3.03. The summed E-state index contributed by atoms with van der Waals surface area (Å²) in [6.45, 7) is 0.568. The molecule has 22 heavy (non-hydrogen) atoms. The van der Waals surface area contributed by atoms with Gasteiger partial charge in [-0.1, -0.05) is 17.7 Å². The van der Waals surface area contributed by atoms with Crippen molar-refractivity contribution in [3.63, 3.8) is 0 Å². The summed E-state index contributed by atoms with van der Waals surface area (Å²) in [5, 5.41) is 2.00. The molecule has 0 spiro atoms. The Bertz CT molecular complexity index is 765. The molecule has 1 aromatic heterocycles. The van der Waals surface area contributed by atoms with E-state index in [2.05, 4.69) is 15.0 Å². The van der Waals surface area contributed by atoms with E-state index in [0.29, 0.717) is 29.4 Å². The highest BCUT2D eigenvalue weighted by Crippen LogP contribution is 2.37. The molecule has 0 unspecified atom stereocenters. The maximum atomic E-state index is 12.9. The number of hydrogen-bond acceptors (Lipinski definition) is 4. The zero-order valence-corrected chi connectivity index (χ0v) is 12.6. The van der Waals surface area contributed by atoms with Gasteiger partial charge in [0.2, 0.25) is 0 Å². The molecule has 0 amide bonds. The highest BCUT2D eigenvalue weighted by Gasteiger charge is 2.33. The van der Waals surface area contributed by atoms with Crippen LogP contribution in [0, 0.1) is 0 Å². The van der Waals surface area contributed by atoms with E-state index in [1.807, 2.05) is 0 Å². The molecule has 0 bridgehead atoms. The Morgan fingerprint density at radius 3 is 2.77 bits per heavy atom. The first-order valence-corrected chi connectivity index (χ1v) is 7.56. The van der Waals surface area contributed by atoms with Crippen LogP contribution in [0.25, 0.3) is 10.6 Å². The highest BCUT2D eigenvalue weighted by molar-refractivity contribution is 7.13. The van der Waals surface area contributed by atoms with Gasteiger partial charge in [-0.3, -0.25) is 4.99 Å². The van der Waals surface area contributed by atoms with E-state index in [1.54, 1.807) is 11.6 Å². The molecule has 0 aliphatic carbocycles. The lowest BCUT2D eigenvalue weighted by atomic mass is 10.1. The van der Waals surface area contributed by atoms with Crippen molar-refractivity contribution < 1.29 is 13.2 Å². The van der Waals surface area contributed by atoms with E-state index < -0.39 is 11.7 Å². The minimum Gasteiger partial charge on any atom is -0.264 e. The molecule has 3 rings (SSSR count). The molecule has 114 valence electrons. The van der Waals surface area contributed by atoms with Gasteiger partial charge in [-0.05, 0) is 12.1 Å². The third kappa shape index (κ3) is 3.20. The van der Waals surface area contributed by atoms with Crippen molar-refractivity contribution in [1.29, 1.82) is 0 Å². The van der Waals surface area contributed by atoms with Crippen LogP contribution in [0.4, 0.5) is 13.2 Å². The van der Waals surface area contributed by atoms with Gasteiger partial charge in [0.15, 0.2) is 0 Å². The van der Waals surface area contributed by atoms with E-state index in [4.69, 9.17) is 11.6 Å². The van der Waals surface area contributed by atoms with Crippen molar-refractivity contribution in [3.8, 4) is 10.6 Å². The standard InChI is InChI=1S/C14H9ClF3N3S/c15-11-2-1-8(5-10(11)14(16,17)18)13-21-9(7-22-13)6-12-19-3-4-20-12/h1-3,5,7H,4,6H2. The smallest absolute Gasteiger partial charge is 0.264 e. The van der Waals surface area contributed by atoms with Gasteiger partial charge in [0.25, 0.3) is 0 Å². The quantitative estimate of drug-likeness (QED) is 0.808. The Balaban J connectivity index is 1.88. The van der Waals surface area contributed by atoms with E-state index in [9.17, 15) is 13.2 Å². The van der Waals surface area contributed by atoms with E-state index in [-0.39, 0.29) is 5.02 Å². The van der Waals surface area contributed by atoms with Crippen LogP contribution in [-0.4, -0.2) is 23.6 Å². The monoisotopic (exact) mass is 343 g/mol. The van der Waals surface area contributed by atoms with Crippen LogP contribution >= 0.6 is 22.9 Å². The fourth-order valence-electron chi connectivity index (χ4n) is 1.99. The molecule has 0 fully saturated rings. The average Bonchev–Trinajstić information content (AvgIpc) is 3.10. The Morgan fingerprint density at radius 1 is 1.27 bits per heavy atom. The van der Waals surface area contributed by atoms with Crippen molar-refractivity contribution in [2.24, 2.45) is 9.98 Å². The molecule has 0 atom stereocenters. The largest absolute Gasteiger partial charge is 0.417 e. The SMILES string of the molecule is FC(F)(F)c1cc(-c2nc(CC3=NCC=N3)cs2)ccc1Cl. The third-order valence-corrected chi connectivity index (χ3v) is 4.28. The number of halogens is 4. The van der Waals surface area contributed by atoms with Crippen molar-refractivity contribution >= 4 is 35.0 Å². The Kier molecular flexibility index (Phi) is 4.01. The molecule has 8 heteroatoms. The third-order valence-electron chi connectivity index (χ3n) is 3.01. The number of alkyl halides is 3. The Labute approximate surface area is 133 Å². The van der Waals surface area contributed by atoms with Crippen LogP contribution in [0.15, 0.2) is 33.6 Å². The number of hydrogen-bond donors (Lipinski definition) is 0. The zero-order chi connectivity index (χ0) is 15.7. The molecule has 0 radical (unpaired) electrons. The first-order valence-electron chi connectivity index (χ1n) is 6.31. The van der Waals surface area contributed by atoms with Gasteiger partial charge >= 0.3 is 6.18 Å². The van der Waals surface area contributed by atoms with Gasteiger partial charge in [-0.25, -0.2) is 9.98 Å². The summed E-state index contributed by atoms with van der Waals surface area (Å²) in [5.41, 5.74) is 0.277. The minimum absolute atomic E-state index is 0.317. The van der Waals surface area contributed by atoms with Crippen molar-refractivity contribution in [1.82, 2.24) is 4.98 Å². The summed E-state index contributed by atoms with van der Waals surface area (Å²) in [6, 6.07) is 3.80. The van der Waals surface area contributed by atoms with E-state index >= 15 is 0 Å². The number of rotatable bonds is 3. The van der Waals surface area contributed by atoms with Crippen molar-refractivity contribution in [2.45, 2.75) is 12.6 Å².